The molecular formula is C19H27N3. The molecule has 22 heavy (non-hydrogen) atoms. The lowest BCUT2D eigenvalue weighted by atomic mass is 9.78. The van der Waals surface area contributed by atoms with Gasteiger partial charge < -0.3 is 5.73 Å². The van der Waals surface area contributed by atoms with Crippen LogP contribution >= 0.6 is 0 Å². The van der Waals surface area contributed by atoms with E-state index in [1.165, 1.54) is 10.9 Å². The number of aliphatic imine (C=N–C) groups is 1. The van der Waals surface area contributed by atoms with Gasteiger partial charge in [0.1, 0.15) is 11.5 Å². The van der Waals surface area contributed by atoms with Gasteiger partial charge in [-0.1, -0.05) is 39.8 Å². The minimum Gasteiger partial charge on any atom is -0.382 e. The van der Waals surface area contributed by atoms with Crippen molar-refractivity contribution in [2.24, 2.45) is 16.3 Å². The van der Waals surface area contributed by atoms with Crippen LogP contribution in [0.4, 0.5) is 11.5 Å². The molecule has 2 rings (SSSR count). The summed E-state index contributed by atoms with van der Waals surface area (Å²) in [6.45, 7) is 14.9. The monoisotopic (exact) mass is 297 g/mol. The molecule has 0 fully saturated rings. The van der Waals surface area contributed by atoms with Crippen LogP contribution in [0, 0.1) is 18.3 Å². The topological polar surface area (TPSA) is 51.3 Å². The molecule has 2 aromatic rings. The summed E-state index contributed by atoms with van der Waals surface area (Å²) in [6, 6.07) is 6.27. The number of nitrogen functional groups attached to an aromatic ring is 1. The van der Waals surface area contributed by atoms with Crippen molar-refractivity contribution in [2.45, 2.75) is 47.5 Å². The van der Waals surface area contributed by atoms with E-state index in [1.54, 1.807) is 0 Å². The van der Waals surface area contributed by atoms with E-state index in [0.717, 1.165) is 23.9 Å². The minimum absolute atomic E-state index is 0.330. The number of rotatable bonds is 4. The van der Waals surface area contributed by atoms with Crippen molar-refractivity contribution in [2.75, 3.05) is 5.73 Å². The number of anilines is 1. The largest absolute Gasteiger partial charge is 0.382 e. The van der Waals surface area contributed by atoms with Gasteiger partial charge in [0.25, 0.3) is 0 Å². The molecule has 1 heterocycles. The Bertz CT molecular complexity index is 696. The summed E-state index contributed by atoms with van der Waals surface area (Å²) in [7, 11) is 0. The lowest BCUT2D eigenvalue weighted by molar-refractivity contribution is 0.247. The number of aromatic nitrogens is 1. The fraction of sp³-hybridized carbons (Fsp3) is 0.474. The van der Waals surface area contributed by atoms with E-state index in [0.29, 0.717) is 22.8 Å². The number of fused-ring (bicyclic) bond motifs is 1. The van der Waals surface area contributed by atoms with Gasteiger partial charge in [-0.2, -0.15) is 0 Å². The van der Waals surface area contributed by atoms with E-state index < -0.39 is 0 Å². The number of benzene rings is 1. The molecule has 0 amide bonds. The Kier molecular flexibility index (Phi) is 4.55. The molecule has 0 bridgehead atoms. The number of aryl methyl sites for hydroxylation is 2. The third-order valence-corrected chi connectivity index (χ3v) is 4.83. The second kappa shape index (κ2) is 6.07. The fourth-order valence-electron chi connectivity index (χ4n) is 2.82. The molecule has 1 unspecified atom stereocenters. The highest BCUT2D eigenvalue weighted by Crippen LogP contribution is 2.35. The van der Waals surface area contributed by atoms with Crippen molar-refractivity contribution in [1.82, 2.24) is 4.98 Å². The number of pyridine rings is 1. The van der Waals surface area contributed by atoms with E-state index in [2.05, 4.69) is 63.4 Å². The Balaban J connectivity index is 2.45. The van der Waals surface area contributed by atoms with E-state index in [-0.39, 0.29) is 0 Å². The van der Waals surface area contributed by atoms with Crippen LogP contribution in [0.1, 0.15) is 45.2 Å². The quantitative estimate of drug-likeness (QED) is 0.801. The number of hydrogen-bond donors (Lipinski definition) is 1. The molecule has 0 saturated carbocycles. The first-order valence-corrected chi connectivity index (χ1v) is 7.90. The van der Waals surface area contributed by atoms with Crippen molar-refractivity contribution in [3.8, 4) is 0 Å². The molecule has 3 heteroatoms. The summed E-state index contributed by atoms with van der Waals surface area (Å²) in [4.78, 5) is 8.55. The smallest absolute Gasteiger partial charge is 0.150 e. The molecule has 0 spiro atoms. The van der Waals surface area contributed by atoms with Crippen LogP contribution in [0.15, 0.2) is 23.2 Å². The zero-order valence-corrected chi connectivity index (χ0v) is 14.4. The first-order chi connectivity index (χ1) is 10.3. The molecule has 2 N–H and O–H groups in total. The SMILES string of the molecule is C=Nc1c(N)nc2cccc(CCC(C)C(C)(C)C)c2c1C. The summed E-state index contributed by atoms with van der Waals surface area (Å²) in [6.07, 6.45) is 2.20. The van der Waals surface area contributed by atoms with Crippen LogP contribution < -0.4 is 5.73 Å². The molecule has 0 aliphatic heterocycles. The minimum atomic E-state index is 0.330. The average Bonchev–Trinajstić information content (AvgIpc) is 2.43. The van der Waals surface area contributed by atoms with E-state index in [1.807, 2.05) is 6.07 Å². The summed E-state index contributed by atoms with van der Waals surface area (Å²) < 4.78 is 0. The second-order valence-electron chi connectivity index (χ2n) is 7.25. The van der Waals surface area contributed by atoms with E-state index in [4.69, 9.17) is 5.73 Å². The van der Waals surface area contributed by atoms with Gasteiger partial charge in [0.2, 0.25) is 0 Å². The molecule has 0 radical (unpaired) electrons. The summed E-state index contributed by atoms with van der Waals surface area (Å²) >= 11 is 0. The van der Waals surface area contributed by atoms with Crippen LogP contribution in [-0.2, 0) is 6.42 Å². The molecule has 1 atom stereocenters. The van der Waals surface area contributed by atoms with Gasteiger partial charge in [-0.25, -0.2) is 4.98 Å². The first-order valence-electron chi connectivity index (χ1n) is 7.90. The summed E-state index contributed by atoms with van der Waals surface area (Å²) in [5, 5.41) is 1.18. The Morgan fingerprint density at radius 2 is 2.00 bits per heavy atom. The molecule has 1 aromatic heterocycles. The number of hydrogen-bond acceptors (Lipinski definition) is 3. The third-order valence-electron chi connectivity index (χ3n) is 4.83. The molecule has 0 aliphatic rings. The molecule has 118 valence electrons. The molecule has 3 nitrogen and oxygen atoms in total. The van der Waals surface area contributed by atoms with Gasteiger partial charge in [-0.05, 0) is 55.0 Å². The maximum absolute atomic E-state index is 5.98. The van der Waals surface area contributed by atoms with Crippen molar-refractivity contribution >= 4 is 29.1 Å². The van der Waals surface area contributed by atoms with E-state index in [9.17, 15) is 0 Å². The molecule has 0 saturated heterocycles. The molecular weight excluding hydrogens is 270 g/mol. The van der Waals surface area contributed by atoms with Crippen molar-refractivity contribution in [3.05, 3.63) is 29.3 Å². The van der Waals surface area contributed by atoms with Gasteiger partial charge >= 0.3 is 0 Å². The van der Waals surface area contributed by atoms with Gasteiger partial charge in [-0.15, -0.1) is 0 Å². The number of nitrogens with two attached hydrogens (primary N) is 1. The zero-order chi connectivity index (χ0) is 16.5. The lowest BCUT2D eigenvalue weighted by Crippen LogP contribution is -2.17. The highest BCUT2D eigenvalue weighted by molar-refractivity contribution is 5.92. The Hall–Kier alpha value is -1.90. The molecule has 0 aliphatic carbocycles. The third kappa shape index (κ3) is 3.13. The standard InChI is InChI=1S/C19H27N3/c1-12(19(3,4)5)10-11-14-8-7-9-15-16(14)13(2)17(21-6)18(20)22-15/h7-9,12H,6,10-11H2,1-5H3,(H2,20,22). The first kappa shape index (κ1) is 16.5. The van der Waals surface area contributed by atoms with Gasteiger partial charge in [0, 0.05) is 5.39 Å². The van der Waals surface area contributed by atoms with Crippen molar-refractivity contribution < 1.29 is 0 Å². The normalized spacial score (nSPS) is 13.3. The maximum atomic E-state index is 5.98. The lowest BCUT2D eigenvalue weighted by Gasteiger charge is -2.27. The highest BCUT2D eigenvalue weighted by atomic mass is 14.9. The van der Waals surface area contributed by atoms with Crippen molar-refractivity contribution in [1.29, 1.82) is 0 Å². The van der Waals surface area contributed by atoms with Crippen LogP contribution in [0.2, 0.25) is 0 Å². The Morgan fingerprint density at radius 1 is 1.32 bits per heavy atom. The van der Waals surface area contributed by atoms with Crippen LogP contribution in [0.3, 0.4) is 0 Å². The molecule has 1 aromatic carbocycles. The van der Waals surface area contributed by atoms with Crippen molar-refractivity contribution in [3.63, 3.8) is 0 Å². The van der Waals surface area contributed by atoms with E-state index >= 15 is 0 Å². The average molecular weight is 297 g/mol. The Labute approximate surface area is 133 Å². The fourth-order valence-corrected chi connectivity index (χ4v) is 2.82. The van der Waals surface area contributed by atoms with Gasteiger partial charge in [0.05, 0.1) is 5.52 Å². The number of nitrogens with zero attached hydrogens (tertiary/aromatic N) is 2. The highest BCUT2D eigenvalue weighted by Gasteiger charge is 2.20. The predicted octanol–water partition coefficient (Wildman–Crippen LogP) is 5.07. The summed E-state index contributed by atoms with van der Waals surface area (Å²) in [5.74, 6) is 1.11. The Morgan fingerprint density at radius 3 is 2.59 bits per heavy atom. The summed E-state index contributed by atoms with van der Waals surface area (Å²) in [5.41, 5.74) is 10.4. The van der Waals surface area contributed by atoms with Crippen LogP contribution in [0.5, 0.6) is 0 Å². The van der Waals surface area contributed by atoms with Crippen LogP contribution in [-0.4, -0.2) is 11.7 Å². The zero-order valence-electron chi connectivity index (χ0n) is 14.4. The van der Waals surface area contributed by atoms with Crippen LogP contribution in [0.25, 0.3) is 10.9 Å². The maximum Gasteiger partial charge on any atom is 0.150 e. The van der Waals surface area contributed by atoms with Gasteiger partial charge in [0.15, 0.2) is 0 Å². The predicted molar refractivity (Wildman–Crippen MR) is 97.0 cm³/mol. The van der Waals surface area contributed by atoms with Gasteiger partial charge in [-0.3, -0.25) is 4.99 Å². The second-order valence-corrected chi connectivity index (χ2v) is 7.25.